The molecule has 0 spiro atoms. The number of benzene rings is 1. The van der Waals surface area contributed by atoms with Gasteiger partial charge in [-0.3, -0.25) is 19.8 Å². The third-order valence-electron chi connectivity index (χ3n) is 2.98. The van der Waals surface area contributed by atoms with E-state index in [-0.39, 0.29) is 42.4 Å². The average molecular weight is 348 g/mol. The normalized spacial score (nSPS) is 18.2. The molecule has 0 aromatic heterocycles. The second-order valence-electron chi connectivity index (χ2n) is 4.43. The Morgan fingerprint density at radius 3 is 2.22 bits per heavy atom. The van der Waals surface area contributed by atoms with Gasteiger partial charge in [-0.25, -0.2) is 13.2 Å². The largest absolute Gasteiger partial charge is 1.00 e. The van der Waals surface area contributed by atoms with Crippen molar-refractivity contribution in [2.75, 3.05) is 0 Å². The van der Waals surface area contributed by atoms with Crippen LogP contribution in [0.25, 0.3) is 0 Å². The van der Waals surface area contributed by atoms with E-state index in [0.29, 0.717) is 10.5 Å². The number of nitrogens with zero attached hydrogens (tertiary/aromatic N) is 1. The maximum absolute atomic E-state index is 11.9. The summed E-state index contributed by atoms with van der Waals surface area (Å²) in [6.45, 7) is -0.276. The number of nitrogens with one attached hydrogen (secondary N) is 1. The van der Waals surface area contributed by atoms with E-state index in [1.54, 1.807) is 0 Å². The number of barbiturate groups is 1. The van der Waals surface area contributed by atoms with E-state index in [1.165, 1.54) is 12.1 Å². The van der Waals surface area contributed by atoms with Gasteiger partial charge in [0.1, 0.15) is 16.4 Å². The van der Waals surface area contributed by atoms with Crippen molar-refractivity contribution in [3.63, 3.8) is 0 Å². The van der Waals surface area contributed by atoms with E-state index in [4.69, 9.17) is 0 Å². The number of amides is 4. The molecule has 1 atom stereocenters. The first kappa shape index (κ1) is 19.5. The number of aldehydes is 1. The van der Waals surface area contributed by atoms with E-state index in [1.807, 2.05) is 5.32 Å². The summed E-state index contributed by atoms with van der Waals surface area (Å²) in [6.07, 6.45) is 0.129. The van der Waals surface area contributed by atoms with E-state index >= 15 is 0 Å². The zero-order chi connectivity index (χ0) is 16.5. The van der Waals surface area contributed by atoms with E-state index in [9.17, 15) is 32.1 Å². The number of carbonyl (C=O) groups excluding carboxylic acids is 4. The molecule has 1 fully saturated rings. The zero-order valence-corrected chi connectivity index (χ0v) is 14.7. The van der Waals surface area contributed by atoms with Crippen molar-refractivity contribution in [2.45, 2.75) is 11.4 Å². The first-order valence-corrected chi connectivity index (χ1v) is 7.31. The molecule has 1 aromatic carbocycles. The average Bonchev–Trinajstić information content (AvgIpc) is 2.43. The quantitative estimate of drug-likeness (QED) is 0.253. The van der Waals surface area contributed by atoms with Gasteiger partial charge in [0, 0.05) is 0 Å². The summed E-state index contributed by atoms with van der Waals surface area (Å²) in [7, 11) is -4.60. The zero-order valence-electron chi connectivity index (χ0n) is 11.9. The fourth-order valence-electron chi connectivity index (χ4n) is 1.84. The van der Waals surface area contributed by atoms with E-state index < -0.39 is 38.8 Å². The van der Waals surface area contributed by atoms with Crippen molar-refractivity contribution in [3.05, 3.63) is 29.8 Å². The van der Waals surface area contributed by atoms with Crippen molar-refractivity contribution in [1.82, 2.24) is 10.2 Å². The maximum Gasteiger partial charge on any atom is 1.00 e. The molecular weight excluding hydrogens is 339 g/mol. The van der Waals surface area contributed by atoms with Crippen molar-refractivity contribution in [2.24, 2.45) is 5.92 Å². The first-order chi connectivity index (χ1) is 10.2. The molecule has 0 aliphatic carbocycles. The van der Waals surface area contributed by atoms with Gasteiger partial charge in [0.25, 0.3) is 5.91 Å². The molecule has 23 heavy (non-hydrogen) atoms. The summed E-state index contributed by atoms with van der Waals surface area (Å²) in [4.78, 5) is 45.7. The van der Waals surface area contributed by atoms with Crippen LogP contribution < -0.4 is 34.9 Å². The Morgan fingerprint density at radius 2 is 1.74 bits per heavy atom. The van der Waals surface area contributed by atoms with Crippen LogP contribution in [0.3, 0.4) is 0 Å². The summed E-state index contributed by atoms with van der Waals surface area (Å²) in [5.74, 6) is -3.56. The van der Waals surface area contributed by atoms with Crippen molar-refractivity contribution in [3.8, 4) is 0 Å². The molecule has 1 aliphatic heterocycles. The van der Waals surface area contributed by atoms with Crippen LogP contribution in [0, 0.1) is 5.92 Å². The molecule has 116 valence electrons. The fraction of sp³-hybridized carbons (Fsp3) is 0.167. The van der Waals surface area contributed by atoms with Gasteiger partial charge in [-0.15, -0.1) is 0 Å². The van der Waals surface area contributed by atoms with Gasteiger partial charge in [0.05, 0.1) is 11.4 Å². The molecule has 1 heterocycles. The third kappa shape index (κ3) is 4.24. The van der Waals surface area contributed by atoms with Gasteiger partial charge in [0.15, 0.2) is 5.92 Å². The van der Waals surface area contributed by atoms with Crippen LogP contribution in [0.1, 0.15) is 5.56 Å². The first-order valence-electron chi connectivity index (χ1n) is 5.90. The smallest absolute Gasteiger partial charge is 0.744 e. The van der Waals surface area contributed by atoms with Crippen LogP contribution in [0.2, 0.25) is 0 Å². The number of carbonyl (C=O) groups is 4. The van der Waals surface area contributed by atoms with Crippen molar-refractivity contribution < 1.29 is 61.7 Å². The molecule has 11 heteroatoms. The van der Waals surface area contributed by atoms with Crippen molar-refractivity contribution >= 4 is 34.2 Å². The number of rotatable bonds is 4. The van der Waals surface area contributed by atoms with Gasteiger partial charge in [0.2, 0.25) is 5.91 Å². The van der Waals surface area contributed by atoms with E-state index in [0.717, 1.165) is 12.1 Å². The molecule has 9 nitrogen and oxygen atoms in total. The molecule has 1 unspecified atom stereocenters. The number of urea groups is 1. The monoisotopic (exact) mass is 348 g/mol. The standard InChI is InChI=1S/C12H10N2O7S.Na/c15-6-9-10(16)13-12(18)14(11(9)17)5-7-1-3-8(4-2-7)22(19,20)21;/h1-4,6,9H,5H2,(H,13,16,18)(H,19,20,21);/q;+1/p-1. The Morgan fingerprint density at radius 1 is 1.17 bits per heavy atom. The predicted octanol–water partition coefficient (Wildman–Crippen LogP) is -4.01. The van der Waals surface area contributed by atoms with Crippen LogP contribution in [0.15, 0.2) is 29.2 Å². The summed E-state index contributed by atoms with van der Waals surface area (Å²) >= 11 is 0. The van der Waals surface area contributed by atoms with Gasteiger partial charge >= 0.3 is 35.6 Å². The number of hydrogen-bond donors (Lipinski definition) is 1. The van der Waals surface area contributed by atoms with E-state index in [2.05, 4.69) is 0 Å². The molecule has 4 amide bonds. The topological polar surface area (TPSA) is 141 Å². The molecule has 1 saturated heterocycles. The summed E-state index contributed by atoms with van der Waals surface area (Å²) < 4.78 is 32.4. The number of hydrogen-bond acceptors (Lipinski definition) is 7. The van der Waals surface area contributed by atoms with Crippen LogP contribution in [-0.2, 0) is 31.0 Å². The SMILES string of the molecule is O=CC1C(=O)NC(=O)N(Cc2ccc(S(=O)(=O)[O-])cc2)C1=O.[Na+]. The van der Waals surface area contributed by atoms with Crippen LogP contribution in [0.4, 0.5) is 4.79 Å². The van der Waals surface area contributed by atoms with Gasteiger partial charge in [-0.05, 0) is 17.7 Å². The van der Waals surface area contributed by atoms with Crippen LogP contribution in [0.5, 0.6) is 0 Å². The summed E-state index contributed by atoms with van der Waals surface area (Å²) in [5, 5.41) is 1.87. The molecule has 0 saturated carbocycles. The van der Waals surface area contributed by atoms with Gasteiger partial charge in [-0.1, -0.05) is 12.1 Å². The molecule has 1 aromatic rings. The minimum atomic E-state index is -4.60. The molecular formula is C12H9N2NaO7S. The van der Waals surface area contributed by atoms with Crippen LogP contribution in [-0.4, -0.2) is 42.0 Å². The Balaban J connectivity index is 0.00000264. The van der Waals surface area contributed by atoms with Gasteiger partial charge < -0.3 is 9.35 Å². The maximum atomic E-state index is 11.9. The molecule has 0 bridgehead atoms. The van der Waals surface area contributed by atoms with Crippen molar-refractivity contribution in [1.29, 1.82) is 0 Å². The van der Waals surface area contributed by atoms with Gasteiger partial charge in [-0.2, -0.15) is 0 Å². The minimum absolute atomic E-state index is 0. The molecule has 2 rings (SSSR count). The number of imide groups is 2. The Bertz CT molecular complexity index is 760. The summed E-state index contributed by atoms with van der Waals surface area (Å²) in [6, 6.07) is 3.59. The molecule has 1 N–H and O–H groups in total. The second-order valence-corrected chi connectivity index (χ2v) is 5.81. The second kappa shape index (κ2) is 7.32. The molecule has 0 radical (unpaired) electrons. The van der Waals surface area contributed by atoms with Crippen LogP contribution >= 0.6 is 0 Å². The predicted molar refractivity (Wildman–Crippen MR) is 68.0 cm³/mol. The molecule has 1 aliphatic rings. The Hall–Kier alpha value is -1.59. The minimum Gasteiger partial charge on any atom is -0.744 e. The Labute approximate surface area is 153 Å². The Kier molecular flexibility index (Phi) is 6.19. The third-order valence-corrected chi connectivity index (χ3v) is 3.83. The summed E-state index contributed by atoms with van der Waals surface area (Å²) in [5.41, 5.74) is 0.342. The fourth-order valence-corrected chi connectivity index (χ4v) is 2.31.